The summed E-state index contributed by atoms with van der Waals surface area (Å²) in [6.07, 6.45) is 0. The van der Waals surface area contributed by atoms with Crippen LogP contribution in [0.2, 0.25) is 0 Å². The molecule has 0 saturated carbocycles. The van der Waals surface area contributed by atoms with E-state index in [0.717, 1.165) is 0 Å². The number of hydrogen-bond acceptors (Lipinski definition) is 0. The number of hydrogen-bond donors (Lipinski definition) is 0. The molecule has 0 fully saturated rings. The fourth-order valence-corrected chi connectivity index (χ4v) is 3.17. The molecule has 0 heterocycles. The third-order valence-corrected chi connectivity index (χ3v) is 4.06. The Hall–Kier alpha value is -1.01. The van der Waals surface area contributed by atoms with Gasteiger partial charge in [-0.15, -0.1) is 48.6 Å². The second-order valence-electron chi connectivity index (χ2n) is 5.32. The summed E-state index contributed by atoms with van der Waals surface area (Å²) in [5, 5.41) is 5.30. The standard InChI is InChI=1S/C20H15.2ClH.Zr/c1-14-13-16-8-3-5-11-18(16)20(14)19-12-6-9-15-7-2-4-10-17(15)19;;;/h2-13H,1H3;2*1H;/q-1;;;. The maximum absolute atomic E-state index is 2.28. The molecule has 0 spiro atoms. The van der Waals surface area contributed by atoms with Crippen LogP contribution in [0.1, 0.15) is 5.56 Å². The molecule has 0 nitrogen and oxygen atoms in total. The molecule has 0 saturated heterocycles. The van der Waals surface area contributed by atoms with Gasteiger partial charge in [0, 0.05) is 26.2 Å². The molecule has 0 aromatic heterocycles. The Morgan fingerprint density at radius 2 is 1.30 bits per heavy atom. The molecule has 0 amide bonds. The van der Waals surface area contributed by atoms with Crippen LogP contribution >= 0.6 is 24.8 Å². The zero-order chi connectivity index (χ0) is 13.5. The van der Waals surface area contributed by atoms with Gasteiger partial charge in [-0.05, 0) is 5.39 Å². The van der Waals surface area contributed by atoms with E-state index < -0.39 is 0 Å². The molecule has 0 N–H and O–H groups in total. The number of aryl methyl sites for hydroxylation is 1. The summed E-state index contributed by atoms with van der Waals surface area (Å²) in [5.74, 6) is 0. The van der Waals surface area contributed by atoms with Gasteiger partial charge in [0.1, 0.15) is 0 Å². The van der Waals surface area contributed by atoms with Crippen LogP contribution in [0.3, 0.4) is 0 Å². The molecule has 116 valence electrons. The summed E-state index contributed by atoms with van der Waals surface area (Å²) >= 11 is 0. The van der Waals surface area contributed by atoms with Crippen molar-refractivity contribution < 1.29 is 26.2 Å². The first kappa shape index (κ1) is 20.0. The van der Waals surface area contributed by atoms with Crippen LogP contribution in [-0.4, -0.2) is 0 Å². The third kappa shape index (κ3) is 3.43. The van der Waals surface area contributed by atoms with Crippen LogP contribution in [0.15, 0.2) is 72.8 Å². The van der Waals surface area contributed by atoms with Crippen LogP contribution in [0.4, 0.5) is 0 Å². The van der Waals surface area contributed by atoms with E-state index in [1.54, 1.807) is 0 Å². The number of fused-ring (bicyclic) bond motifs is 2. The van der Waals surface area contributed by atoms with E-state index in [-0.39, 0.29) is 51.0 Å². The number of halogens is 2. The average molecular weight is 419 g/mol. The van der Waals surface area contributed by atoms with E-state index in [1.807, 2.05) is 0 Å². The Morgan fingerprint density at radius 3 is 2.09 bits per heavy atom. The molecular formula is C20H17Cl2Zr-. The number of benzene rings is 3. The van der Waals surface area contributed by atoms with Gasteiger partial charge in [0.25, 0.3) is 0 Å². The zero-order valence-electron chi connectivity index (χ0n) is 12.7. The van der Waals surface area contributed by atoms with E-state index in [0.29, 0.717) is 0 Å². The summed E-state index contributed by atoms with van der Waals surface area (Å²) in [7, 11) is 0. The Bertz CT molecular complexity index is 920. The first-order valence-electron chi connectivity index (χ1n) is 6.98. The zero-order valence-corrected chi connectivity index (χ0v) is 16.8. The van der Waals surface area contributed by atoms with Gasteiger partial charge in [-0.3, -0.25) is 0 Å². The molecule has 0 radical (unpaired) electrons. The van der Waals surface area contributed by atoms with Gasteiger partial charge in [-0.2, -0.15) is 0 Å². The maximum Gasteiger partial charge on any atom is 0 e. The molecule has 0 atom stereocenters. The average Bonchev–Trinajstić information content (AvgIpc) is 2.82. The Labute approximate surface area is 168 Å². The molecule has 23 heavy (non-hydrogen) atoms. The van der Waals surface area contributed by atoms with Crippen molar-refractivity contribution in [2.75, 3.05) is 0 Å². The minimum Gasteiger partial charge on any atom is -0.147 e. The Balaban J connectivity index is 0.000000882. The van der Waals surface area contributed by atoms with Gasteiger partial charge in [0.15, 0.2) is 0 Å². The fraction of sp³-hybridized carbons (Fsp3) is 0.0500. The predicted molar refractivity (Wildman–Crippen MR) is 102 cm³/mol. The van der Waals surface area contributed by atoms with Crippen molar-refractivity contribution in [1.82, 2.24) is 0 Å². The summed E-state index contributed by atoms with van der Waals surface area (Å²) in [5.41, 5.74) is 4.06. The van der Waals surface area contributed by atoms with E-state index in [2.05, 4.69) is 79.7 Å². The SMILES string of the molecule is Cc1cc2ccccc2[c-]1-c1cccc2ccccc12.Cl.Cl.[Zr]. The molecule has 4 aromatic rings. The molecule has 0 aliphatic heterocycles. The molecule has 0 unspecified atom stereocenters. The van der Waals surface area contributed by atoms with E-state index in [4.69, 9.17) is 0 Å². The maximum atomic E-state index is 2.28. The van der Waals surface area contributed by atoms with Gasteiger partial charge in [0.2, 0.25) is 0 Å². The quantitative estimate of drug-likeness (QED) is 0.308. The Kier molecular flexibility index (Phi) is 7.14. The smallest absolute Gasteiger partial charge is 0 e. The van der Waals surface area contributed by atoms with Crippen molar-refractivity contribution in [3.63, 3.8) is 0 Å². The summed E-state index contributed by atoms with van der Waals surface area (Å²) in [4.78, 5) is 0. The van der Waals surface area contributed by atoms with Gasteiger partial charge >= 0.3 is 0 Å². The first-order valence-corrected chi connectivity index (χ1v) is 6.98. The van der Waals surface area contributed by atoms with Crippen molar-refractivity contribution in [1.29, 1.82) is 0 Å². The first-order chi connectivity index (χ1) is 9.84. The van der Waals surface area contributed by atoms with Crippen molar-refractivity contribution >= 4 is 46.4 Å². The molecule has 0 aliphatic carbocycles. The minimum atomic E-state index is 0. The monoisotopic (exact) mass is 417 g/mol. The van der Waals surface area contributed by atoms with E-state index >= 15 is 0 Å². The van der Waals surface area contributed by atoms with Crippen molar-refractivity contribution in [3.05, 3.63) is 78.4 Å². The second kappa shape index (κ2) is 8.20. The molecule has 4 aromatic carbocycles. The van der Waals surface area contributed by atoms with E-state index in [1.165, 1.54) is 38.2 Å². The van der Waals surface area contributed by atoms with Crippen molar-refractivity contribution in [2.24, 2.45) is 0 Å². The van der Waals surface area contributed by atoms with Crippen LogP contribution in [0.5, 0.6) is 0 Å². The third-order valence-electron chi connectivity index (χ3n) is 4.06. The molecule has 0 aliphatic rings. The normalized spacial score (nSPS) is 9.78. The summed E-state index contributed by atoms with van der Waals surface area (Å²) in [6, 6.07) is 26.1. The molecular weight excluding hydrogens is 402 g/mol. The summed E-state index contributed by atoms with van der Waals surface area (Å²) < 4.78 is 0. The predicted octanol–water partition coefficient (Wildman–Crippen LogP) is 6.53. The number of rotatable bonds is 1. The largest absolute Gasteiger partial charge is 0.147 e. The van der Waals surface area contributed by atoms with Gasteiger partial charge in [-0.1, -0.05) is 88.8 Å². The van der Waals surface area contributed by atoms with Gasteiger partial charge in [0.05, 0.1) is 0 Å². The van der Waals surface area contributed by atoms with Crippen LogP contribution in [0.25, 0.3) is 32.7 Å². The fourth-order valence-electron chi connectivity index (χ4n) is 3.17. The Morgan fingerprint density at radius 1 is 0.696 bits per heavy atom. The van der Waals surface area contributed by atoms with Crippen LogP contribution in [0, 0.1) is 6.92 Å². The van der Waals surface area contributed by atoms with Crippen LogP contribution in [-0.2, 0) is 26.2 Å². The van der Waals surface area contributed by atoms with Crippen LogP contribution < -0.4 is 0 Å². The van der Waals surface area contributed by atoms with Gasteiger partial charge < -0.3 is 0 Å². The van der Waals surface area contributed by atoms with Gasteiger partial charge in [-0.25, -0.2) is 0 Å². The second-order valence-corrected chi connectivity index (χ2v) is 5.32. The van der Waals surface area contributed by atoms with E-state index in [9.17, 15) is 0 Å². The molecule has 4 rings (SSSR count). The topological polar surface area (TPSA) is 0 Å². The molecule has 0 bridgehead atoms. The van der Waals surface area contributed by atoms with Crippen molar-refractivity contribution in [2.45, 2.75) is 6.92 Å². The molecule has 3 heteroatoms. The van der Waals surface area contributed by atoms with Crippen molar-refractivity contribution in [3.8, 4) is 11.1 Å². The summed E-state index contributed by atoms with van der Waals surface area (Å²) in [6.45, 7) is 2.21. The minimum absolute atomic E-state index is 0.